The third-order valence-electron chi connectivity index (χ3n) is 4.56. The van der Waals surface area contributed by atoms with E-state index in [1.807, 2.05) is 24.4 Å². The van der Waals surface area contributed by atoms with Crippen LogP contribution in [0.1, 0.15) is 11.1 Å². The summed E-state index contributed by atoms with van der Waals surface area (Å²) >= 11 is 6.15. The minimum atomic E-state index is 0.493. The number of rotatable bonds is 4. The van der Waals surface area contributed by atoms with Gasteiger partial charge in [0.15, 0.2) is 0 Å². The van der Waals surface area contributed by atoms with Crippen LogP contribution < -0.4 is 10.2 Å². The van der Waals surface area contributed by atoms with Crippen LogP contribution in [0.4, 0.5) is 11.5 Å². The fourth-order valence-electron chi connectivity index (χ4n) is 3.17. The average molecular weight is 380 g/mol. The second-order valence-electron chi connectivity index (χ2n) is 6.30. The first kappa shape index (κ1) is 17.5. The van der Waals surface area contributed by atoms with Crippen molar-refractivity contribution in [3.05, 3.63) is 58.9 Å². The van der Waals surface area contributed by atoms with E-state index >= 15 is 0 Å². The Labute approximate surface area is 162 Å². The molecular formula is C20H18ClN5O. The van der Waals surface area contributed by atoms with Crippen molar-refractivity contribution >= 4 is 34.0 Å². The molecule has 0 bridgehead atoms. The summed E-state index contributed by atoms with van der Waals surface area (Å²) in [7, 11) is 0. The van der Waals surface area contributed by atoms with Crippen molar-refractivity contribution < 1.29 is 4.74 Å². The zero-order valence-corrected chi connectivity index (χ0v) is 15.4. The number of hydrogen-bond donors (Lipinski definition) is 1. The SMILES string of the molecule is N#Cc1cnc2ccc(Cl)cc2c1NCc1ccnc(N2CCOCC2)c1. The second-order valence-corrected chi connectivity index (χ2v) is 6.73. The van der Waals surface area contributed by atoms with Gasteiger partial charge >= 0.3 is 0 Å². The fraction of sp³-hybridized carbons (Fsp3) is 0.250. The van der Waals surface area contributed by atoms with Crippen LogP contribution in [0.3, 0.4) is 0 Å². The van der Waals surface area contributed by atoms with Crippen LogP contribution >= 0.6 is 11.6 Å². The molecule has 0 saturated carbocycles. The van der Waals surface area contributed by atoms with Crippen molar-refractivity contribution in [1.82, 2.24) is 9.97 Å². The number of aromatic nitrogens is 2. The first-order chi connectivity index (χ1) is 13.2. The Balaban J connectivity index is 1.60. The van der Waals surface area contributed by atoms with Crippen LogP contribution in [0, 0.1) is 11.3 Å². The molecule has 136 valence electrons. The summed E-state index contributed by atoms with van der Waals surface area (Å²) in [5, 5.41) is 14.3. The monoisotopic (exact) mass is 379 g/mol. The molecule has 6 nitrogen and oxygen atoms in total. The highest BCUT2D eigenvalue weighted by molar-refractivity contribution is 6.31. The second kappa shape index (κ2) is 7.78. The van der Waals surface area contributed by atoms with Crippen molar-refractivity contribution in [2.75, 3.05) is 36.5 Å². The smallest absolute Gasteiger partial charge is 0.128 e. The molecule has 3 heterocycles. The number of nitriles is 1. The van der Waals surface area contributed by atoms with Gasteiger partial charge in [-0.25, -0.2) is 4.98 Å². The Morgan fingerprint density at radius 1 is 1.19 bits per heavy atom. The summed E-state index contributed by atoms with van der Waals surface area (Å²) in [4.78, 5) is 11.0. The van der Waals surface area contributed by atoms with Crippen molar-refractivity contribution in [3.8, 4) is 6.07 Å². The molecule has 27 heavy (non-hydrogen) atoms. The van der Waals surface area contributed by atoms with Gasteiger partial charge in [0.2, 0.25) is 0 Å². The zero-order chi connectivity index (χ0) is 18.6. The van der Waals surface area contributed by atoms with E-state index in [0.29, 0.717) is 17.1 Å². The number of nitrogens with zero attached hydrogens (tertiary/aromatic N) is 4. The molecule has 0 spiro atoms. The number of benzene rings is 1. The Hall–Kier alpha value is -2.88. The highest BCUT2D eigenvalue weighted by Crippen LogP contribution is 2.28. The third-order valence-corrected chi connectivity index (χ3v) is 4.80. The van der Waals surface area contributed by atoms with Crippen molar-refractivity contribution in [3.63, 3.8) is 0 Å². The highest BCUT2D eigenvalue weighted by atomic mass is 35.5. The topological polar surface area (TPSA) is 74.1 Å². The first-order valence-corrected chi connectivity index (χ1v) is 9.12. The first-order valence-electron chi connectivity index (χ1n) is 8.74. The van der Waals surface area contributed by atoms with Gasteiger partial charge in [-0.3, -0.25) is 4.98 Å². The van der Waals surface area contributed by atoms with Gasteiger partial charge in [-0.05, 0) is 35.9 Å². The Bertz CT molecular complexity index is 1010. The number of hydrogen-bond acceptors (Lipinski definition) is 6. The number of nitrogens with one attached hydrogen (secondary N) is 1. The summed E-state index contributed by atoms with van der Waals surface area (Å²) in [5.41, 5.74) is 3.12. The maximum Gasteiger partial charge on any atom is 0.128 e. The van der Waals surface area contributed by atoms with Crippen LogP contribution in [0.15, 0.2) is 42.7 Å². The minimum Gasteiger partial charge on any atom is -0.379 e. The van der Waals surface area contributed by atoms with Crippen LogP contribution in [0.25, 0.3) is 10.9 Å². The van der Waals surface area contributed by atoms with Crippen molar-refractivity contribution in [2.24, 2.45) is 0 Å². The van der Waals surface area contributed by atoms with E-state index < -0.39 is 0 Å². The van der Waals surface area contributed by atoms with E-state index in [4.69, 9.17) is 16.3 Å². The van der Waals surface area contributed by atoms with E-state index in [1.165, 1.54) is 0 Å². The molecule has 1 aliphatic rings. The van der Waals surface area contributed by atoms with Crippen LogP contribution in [0.2, 0.25) is 5.02 Å². The van der Waals surface area contributed by atoms with Crippen LogP contribution in [-0.2, 0) is 11.3 Å². The number of pyridine rings is 2. The van der Waals surface area contributed by atoms with Gasteiger partial charge < -0.3 is 15.0 Å². The van der Waals surface area contributed by atoms with Crippen LogP contribution in [0.5, 0.6) is 0 Å². The van der Waals surface area contributed by atoms with E-state index in [1.54, 1.807) is 12.3 Å². The third kappa shape index (κ3) is 3.80. The molecule has 1 aliphatic heterocycles. The van der Waals surface area contributed by atoms with Crippen LogP contribution in [-0.4, -0.2) is 36.3 Å². The predicted octanol–water partition coefficient (Wildman–Crippen LogP) is 3.60. The molecule has 2 aromatic heterocycles. The largest absolute Gasteiger partial charge is 0.379 e. The molecular weight excluding hydrogens is 362 g/mol. The number of anilines is 2. The summed E-state index contributed by atoms with van der Waals surface area (Å²) in [5.74, 6) is 0.945. The van der Waals surface area contributed by atoms with E-state index in [-0.39, 0.29) is 0 Å². The van der Waals surface area contributed by atoms with Gasteiger partial charge in [0, 0.05) is 42.4 Å². The normalized spacial score (nSPS) is 14.1. The van der Waals surface area contributed by atoms with Gasteiger partial charge in [0.25, 0.3) is 0 Å². The lowest BCUT2D eigenvalue weighted by Gasteiger charge is -2.28. The summed E-state index contributed by atoms with van der Waals surface area (Å²) in [6, 6.07) is 11.7. The van der Waals surface area contributed by atoms with Gasteiger partial charge in [-0.2, -0.15) is 5.26 Å². The molecule has 1 aromatic carbocycles. The van der Waals surface area contributed by atoms with E-state index in [0.717, 1.165) is 54.3 Å². The lowest BCUT2D eigenvalue weighted by Crippen LogP contribution is -2.36. The quantitative estimate of drug-likeness (QED) is 0.746. The molecule has 0 aliphatic carbocycles. The maximum atomic E-state index is 9.47. The van der Waals surface area contributed by atoms with Gasteiger partial charge in [0.1, 0.15) is 11.9 Å². The number of ether oxygens (including phenoxy) is 1. The van der Waals surface area contributed by atoms with Gasteiger partial charge in [-0.1, -0.05) is 11.6 Å². The van der Waals surface area contributed by atoms with Crippen molar-refractivity contribution in [1.29, 1.82) is 5.26 Å². The molecule has 0 amide bonds. The zero-order valence-electron chi connectivity index (χ0n) is 14.7. The average Bonchev–Trinajstić information content (AvgIpc) is 2.72. The molecule has 4 rings (SSSR count). The Kier molecular flexibility index (Phi) is 5.05. The summed E-state index contributed by atoms with van der Waals surface area (Å²) < 4.78 is 5.40. The molecule has 7 heteroatoms. The molecule has 0 radical (unpaired) electrons. The highest BCUT2D eigenvalue weighted by Gasteiger charge is 2.13. The summed E-state index contributed by atoms with van der Waals surface area (Å²) in [6.07, 6.45) is 3.40. The number of halogens is 1. The summed E-state index contributed by atoms with van der Waals surface area (Å²) in [6.45, 7) is 3.70. The standard InChI is InChI=1S/C20H18ClN5O/c21-16-1-2-18-17(10-16)20(15(11-22)13-24-18)25-12-14-3-4-23-19(9-14)26-5-7-27-8-6-26/h1-4,9-10,13H,5-8,12H2,(H,24,25). The molecule has 0 atom stereocenters. The lowest BCUT2D eigenvalue weighted by atomic mass is 10.1. The van der Waals surface area contributed by atoms with E-state index in [2.05, 4.69) is 32.3 Å². The molecule has 1 N–H and O–H groups in total. The maximum absolute atomic E-state index is 9.47. The van der Waals surface area contributed by atoms with Crippen molar-refractivity contribution in [2.45, 2.75) is 6.54 Å². The lowest BCUT2D eigenvalue weighted by molar-refractivity contribution is 0.122. The molecule has 1 fully saturated rings. The van der Waals surface area contributed by atoms with E-state index in [9.17, 15) is 5.26 Å². The Morgan fingerprint density at radius 2 is 2.04 bits per heavy atom. The number of morpholine rings is 1. The minimum absolute atomic E-state index is 0.493. The van der Waals surface area contributed by atoms with Gasteiger partial charge in [0.05, 0.1) is 30.0 Å². The molecule has 0 unspecified atom stereocenters. The number of fused-ring (bicyclic) bond motifs is 1. The molecule has 1 saturated heterocycles. The molecule has 3 aromatic rings. The Morgan fingerprint density at radius 3 is 2.85 bits per heavy atom. The predicted molar refractivity (Wildman–Crippen MR) is 106 cm³/mol. The van der Waals surface area contributed by atoms with Gasteiger partial charge in [-0.15, -0.1) is 0 Å². The fourth-order valence-corrected chi connectivity index (χ4v) is 3.34.